The fraction of sp³-hybridized carbons (Fsp3) is 0.636. The van der Waals surface area contributed by atoms with Gasteiger partial charge in [-0.25, -0.2) is 0 Å². The van der Waals surface area contributed by atoms with Crippen LogP contribution in [0.15, 0.2) is 21.2 Å². The first-order valence-electron chi connectivity index (χ1n) is 5.25. The molecule has 2 nitrogen and oxygen atoms in total. The van der Waals surface area contributed by atoms with Gasteiger partial charge in [0.05, 0.1) is 6.04 Å². The second-order valence-electron chi connectivity index (χ2n) is 3.60. The van der Waals surface area contributed by atoms with Crippen molar-refractivity contribution < 1.29 is 4.42 Å². The number of hydrogen-bond donors (Lipinski definition) is 1. The standard InChI is InChI=1S/C11H18BrNO/c1-2-3-4-5-6-9(13)10-7-8-11(12)14-10/h7-9H,2-6,13H2,1H3. The van der Waals surface area contributed by atoms with Crippen molar-refractivity contribution in [1.82, 2.24) is 0 Å². The summed E-state index contributed by atoms with van der Waals surface area (Å²) in [7, 11) is 0. The normalized spacial score (nSPS) is 13.1. The van der Waals surface area contributed by atoms with Gasteiger partial charge in [-0.3, -0.25) is 0 Å². The van der Waals surface area contributed by atoms with Crippen LogP contribution in [0.1, 0.15) is 50.8 Å². The van der Waals surface area contributed by atoms with Crippen molar-refractivity contribution in [2.45, 2.75) is 45.1 Å². The maximum Gasteiger partial charge on any atom is 0.169 e. The highest BCUT2D eigenvalue weighted by Crippen LogP contribution is 2.22. The molecule has 0 aliphatic carbocycles. The van der Waals surface area contributed by atoms with Gasteiger partial charge in [-0.15, -0.1) is 0 Å². The second-order valence-corrected chi connectivity index (χ2v) is 4.38. The lowest BCUT2D eigenvalue weighted by molar-refractivity contribution is 0.427. The van der Waals surface area contributed by atoms with Gasteiger partial charge in [0.15, 0.2) is 4.67 Å². The molecule has 3 heteroatoms. The van der Waals surface area contributed by atoms with E-state index in [9.17, 15) is 0 Å². The number of hydrogen-bond acceptors (Lipinski definition) is 2. The third-order valence-corrected chi connectivity index (χ3v) is 2.75. The van der Waals surface area contributed by atoms with Gasteiger partial charge in [-0.2, -0.15) is 0 Å². The summed E-state index contributed by atoms with van der Waals surface area (Å²) in [6.45, 7) is 2.21. The Hall–Kier alpha value is -0.280. The molecule has 0 aliphatic rings. The van der Waals surface area contributed by atoms with Crippen LogP contribution < -0.4 is 5.73 Å². The zero-order chi connectivity index (χ0) is 10.4. The van der Waals surface area contributed by atoms with Gasteiger partial charge in [-0.1, -0.05) is 32.6 Å². The molecule has 0 saturated heterocycles. The first-order chi connectivity index (χ1) is 6.74. The summed E-state index contributed by atoms with van der Waals surface area (Å²) in [5.74, 6) is 0.883. The second kappa shape index (κ2) is 6.25. The Morgan fingerprint density at radius 2 is 2.14 bits per heavy atom. The highest BCUT2D eigenvalue weighted by atomic mass is 79.9. The van der Waals surface area contributed by atoms with Crippen molar-refractivity contribution in [3.05, 3.63) is 22.6 Å². The molecule has 1 unspecified atom stereocenters. The molecule has 1 atom stereocenters. The SMILES string of the molecule is CCCCCCC(N)c1ccc(Br)o1. The van der Waals surface area contributed by atoms with E-state index in [1.807, 2.05) is 12.1 Å². The molecule has 80 valence electrons. The molecule has 2 N–H and O–H groups in total. The molecule has 0 radical (unpaired) electrons. The highest BCUT2D eigenvalue weighted by molar-refractivity contribution is 9.10. The van der Waals surface area contributed by atoms with Crippen LogP contribution in [0.3, 0.4) is 0 Å². The minimum absolute atomic E-state index is 0.0538. The third-order valence-electron chi connectivity index (χ3n) is 2.33. The first kappa shape index (κ1) is 11.8. The third kappa shape index (κ3) is 3.84. The number of halogens is 1. The van der Waals surface area contributed by atoms with Crippen molar-refractivity contribution in [2.75, 3.05) is 0 Å². The van der Waals surface area contributed by atoms with Crippen molar-refractivity contribution >= 4 is 15.9 Å². The van der Waals surface area contributed by atoms with E-state index in [1.54, 1.807) is 0 Å². The van der Waals surface area contributed by atoms with Crippen LogP contribution in [0, 0.1) is 0 Å². The lowest BCUT2D eigenvalue weighted by Gasteiger charge is -2.07. The van der Waals surface area contributed by atoms with Crippen LogP contribution in [-0.4, -0.2) is 0 Å². The number of furan rings is 1. The van der Waals surface area contributed by atoms with Crippen LogP contribution in [0.5, 0.6) is 0 Å². The minimum atomic E-state index is 0.0538. The van der Waals surface area contributed by atoms with Crippen LogP contribution in [0.25, 0.3) is 0 Å². The van der Waals surface area contributed by atoms with Gasteiger partial charge >= 0.3 is 0 Å². The van der Waals surface area contributed by atoms with E-state index in [4.69, 9.17) is 10.2 Å². The maximum atomic E-state index is 5.98. The lowest BCUT2D eigenvalue weighted by atomic mass is 10.1. The number of rotatable bonds is 6. The smallest absolute Gasteiger partial charge is 0.169 e. The first-order valence-corrected chi connectivity index (χ1v) is 6.04. The molecule has 0 aliphatic heterocycles. The van der Waals surface area contributed by atoms with E-state index in [0.717, 1.165) is 16.9 Å². The summed E-state index contributed by atoms with van der Waals surface area (Å²) in [6, 6.07) is 3.88. The Labute approximate surface area is 94.0 Å². The molecule has 1 aromatic rings. The lowest BCUT2D eigenvalue weighted by Crippen LogP contribution is -2.08. The van der Waals surface area contributed by atoms with Crippen LogP contribution >= 0.6 is 15.9 Å². The average molecular weight is 260 g/mol. The fourth-order valence-corrected chi connectivity index (χ4v) is 1.78. The fourth-order valence-electron chi connectivity index (χ4n) is 1.46. The summed E-state index contributed by atoms with van der Waals surface area (Å²) < 4.78 is 6.15. The van der Waals surface area contributed by atoms with Gasteiger partial charge in [0, 0.05) is 0 Å². The summed E-state index contributed by atoms with van der Waals surface area (Å²) >= 11 is 3.27. The Bertz CT molecular complexity index is 260. The largest absolute Gasteiger partial charge is 0.453 e. The van der Waals surface area contributed by atoms with Crippen LogP contribution in [0.2, 0.25) is 0 Å². The van der Waals surface area contributed by atoms with Crippen molar-refractivity contribution in [1.29, 1.82) is 0 Å². The number of unbranched alkanes of at least 4 members (excludes halogenated alkanes) is 3. The summed E-state index contributed by atoms with van der Waals surface area (Å²) in [5.41, 5.74) is 5.98. The molecule has 0 aromatic carbocycles. The minimum Gasteiger partial charge on any atom is -0.453 e. The average Bonchev–Trinajstić information content (AvgIpc) is 2.59. The van der Waals surface area contributed by atoms with E-state index in [-0.39, 0.29) is 6.04 Å². The number of nitrogens with two attached hydrogens (primary N) is 1. The molecular weight excluding hydrogens is 242 g/mol. The predicted molar refractivity (Wildman–Crippen MR) is 62.1 cm³/mol. The van der Waals surface area contributed by atoms with E-state index in [1.165, 1.54) is 25.7 Å². The summed E-state index contributed by atoms with van der Waals surface area (Å²) in [5, 5.41) is 0. The summed E-state index contributed by atoms with van der Waals surface area (Å²) in [4.78, 5) is 0. The monoisotopic (exact) mass is 259 g/mol. The van der Waals surface area contributed by atoms with Crippen molar-refractivity contribution in [3.8, 4) is 0 Å². The van der Waals surface area contributed by atoms with Gasteiger partial charge in [-0.05, 0) is 34.5 Å². The quantitative estimate of drug-likeness (QED) is 0.785. The zero-order valence-electron chi connectivity index (χ0n) is 8.63. The Morgan fingerprint density at radius 3 is 2.71 bits per heavy atom. The maximum absolute atomic E-state index is 5.98. The van der Waals surface area contributed by atoms with E-state index in [2.05, 4.69) is 22.9 Å². The van der Waals surface area contributed by atoms with Gasteiger partial charge in [0.2, 0.25) is 0 Å². The van der Waals surface area contributed by atoms with Gasteiger partial charge in [0.25, 0.3) is 0 Å². The molecule has 0 fully saturated rings. The van der Waals surface area contributed by atoms with E-state index < -0.39 is 0 Å². The zero-order valence-corrected chi connectivity index (χ0v) is 10.2. The molecule has 0 spiro atoms. The Morgan fingerprint density at radius 1 is 1.36 bits per heavy atom. The molecule has 1 rings (SSSR count). The molecule has 1 heterocycles. The predicted octanol–water partition coefficient (Wildman–Crippen LogP) is 4.01. The van der Waals surface area contributed by atoms with Crippen molar-refractivity contribution in [2.24, 2.45) is 5.73 Å². The van der Waals surface area contributed by atoms with Gasteiger partial charge < -0.3 is 10.2 Å². The summed E-state index contributed by atoms with van der Waals surface area (Å²) in [6.07, 6.45) is 6.04. The van der Waals surface area contributed by atoms with Crippen LogP contribution in [-0.2, 0) is 0 Å². The van der Waals surface area contributed by atoms with Crippen molar-refractivity contribution in [3.63, 3.8) is 0 Å². The Balaban J connectivity index is 2.25. The molecule has 0 bridgehead atoms. The molecule has 1 aromatic heterocycles. The molecule has 0 amide bonds. The topological polar surface area (TPSA) is 39.2 Å². The highest BCUT2D eigenvalue weighted by Gasteiger charge is 2.09. The Kier molecular flexibility index (Phi) is 5.26. The molecule has 0 saturated carbocycles. The van der Waals surface area contributed by atoms with Gasteiger partial charge in [0.1, 0.15) is 5.76 Å². The van der Waals surface area contributed by atoms with E-state index in [0.29, 0.717) is 0 Å². The molecule has 14 heavy (non-hydrogen) atoms. The molecular formula is C11H18BrNO. The van der Waals surface area contributed by atoms with Crippen LogP contribution in [0.4, 0.5) is 0 Å². The van der Waals surface area contributed by atoms with E-state index >= 15 is 0 Å².